The summed E-state index contributed by atoms with van der Waals surface area (Å²) in [6, 6.07) is 31.8. The molecule has 0 N–H and O–H groups in total. The van der Waals surface area contributed by atoms with Crippen LogP contribution in [0.15, 0.2) is 84.9 Å². The lowest BCUT2D eigenvalue weighted by molar-refractivity contribution is 1.36. The van der Waals surface area contributed by atoms with Gasteiger partial charge in [0.1, 0.15) is 0 Å². The first-order valence-electron chi connectivity index (χ1n) is 12.0. The summed E-state index contributed by atoms with van der Waals surface area (Å²) >= 11 is 0. The third kappa shape index (κ3) is 1.70. The van der Waals surface area contributed by atoms with E-state index in [2.05, 4.69) is 108 Å². The number of aryl methyl sites for hydroxylation is 2. The second-order valence-electron chi connectivity index (χ2n) is 9.90. The Morgan fingerprint density at radius 3 is 1.32 bits per heavy atom. The lowest BCUT2D eigenvalue weighted by Crippen LogP contribution is -1.82. The molecule has 5 aromatic carbocycles. The molecule has 2 heteroatoms. The fourth-order valence-electron chi connectivity index (χ4n) is 6.84. The lowest BCUT2D eigenvalue weighted by Gasteiger charge is -2.02. The van der Waals surface area contributed by atoms with Crippen LogP contribution in [0.25, 0.3) is 76.2 Å². The molecule has 0 amide bonds. The van der Waals surface area contributed by atoms with Gasteiger partial charge in [0, 0.05) is 43.1 Å². The number of aromatic nitrogens is 2. The van der Waals surface area contributed by atoms with Crippen LogP contribution >= 0.6 is 0 Å². The molecule has 158 valence electrons. The molecule has 4 aromatic heterocycles. The summed E-state index contributed by atoms with van der Waals surface area (Å²) in [5.74, 6) is 0. The maximum Gasteiger partial charge on any atom is 0.0623 e. The van der Waals surface area contributed by atoms with E-state index < -0.39 is 0 Å². The molecule has 2 nitrogen and oxygen atoms in total. The number of para-hydroxylation sites is 2. The van der Waals surface area contributed by atoms with Crippen LogP contribution in [0.2, 0.25) is 0 Å². The molecule has 0 saturated heterocycles. The number of hydrogen-bond acceptors (Lipinski definition) is 0. The van der Waals surface area contributed by atoms with Gasteiger partial charge in [-0.3, -0.25) is 0 Å². The molecule has 34 heavy (non-hydrogen) atoms. The van der Waals surface area contributed by atoms with Crippen LogP contribution in [-0.2, 0) is 0 Å². The molecule has 0 saturated carbocycles. The summed E-state index contributed by atoms with van der Waals surface area (Å²) in [5, 5.41) is 10.8. The molecule has 0 aliphatic heterocycles. The monoisotopic (exact) mass is 432 g/mol. The van der Waals surface area contributed by atoms with Gasteiger partial charge in [-0.05, 0) is 49.2 Å². The molecule has 0 radical (unpaired) electrons. The van der Waals surface area contributed by atoms with Crippen molar-refractivity contribution in [2.45, 2.75) is 13.8 Å². The minimum atomic E-state index is 1.30. The highest BCUT2D eigenvalue weighted by atomic mass is 14.9. The maximum atomic E-state index is 2.50. The molecule has 0 fully saturated rings. The molecule has 4 heterocycles. The standard InChI is InChI=1S/C32H20N2/c1-17-11-13-19-23-15-28-24(16-27(23)33-25-9-5-3-7-21(25)29(17)31(19)33)20-14-12-18(2)30-22-8-4-6-10-26(22)34(28)32(20)30/h3-16H,1-2H3. The highest BCUT2D eigenvalue weighted by Crippen LogP contribution is 2.45. The predicted molar refractivity (Wildman–Crippen MR) is 145 cm³/mol. The fraction of sp³-hybridized carbons (Fsp3) is 0.0625. The van der Waals surface area contributed by atoms with E-state index in [0.717, 1.165) is 0 Å². The number of benzene rings is 5. The van der Waals surface area contributed by atoms with Crippen molar-refractivity contribution in [2.75, 3.05) is 0 Å². The smallest absolute Gasteiger partial charge is 0.0623 e. The van der Waals surface area contributed by atoms with Crippen LogP contribution in [0.3, 0.4) is 0 Å². The second kappa shape index (κ2) is 5.43. The molecule has 0 bridgehead atoms. The van der Waals surface area contributed by atoms with Crippen LogP contribution in [0.1, 0.15) is 11.1 Å². The van der Waals surface area contributed by atoms with Crippen molar-refractivity contribution in [2.24, 2.45) is 0 Å². The summed E-state index contributed by atoms with van der Waals surface area (Å²) in [7, 11) is 0. The molecular weight excluding hydrogens is 412 g/mol. The largest absolute Gasteiger partial charge is 0.308 e. The van der Waals surface area contributed by atoms with E-state index in [9.17, 15) is 0 Å². The molecule has 0 spiro atoms. The van der Waals surface area contributed by atoms with Crippen LogP contribution < -0.4 is 0 Å². The quantitative estimate of drug-likeness (QED) is 0.227. The average Bonchev–Trinajstić information content (AvgIpc) is 3.56. The number of fused-ring (bicyclic) bond motifs is 12. The molecular formula is C32H20N2. The lowest BCUT2D eigenvalue weighted by atomic mass is 10.0. The minimum absolute atomic E-state index is 1.30. The van der Waals surface area contributed by atoms with E-state index in [1.54, 1.807) is 0 Å². The highest BCUT2D eigenvalue weighted by Gasteiger charge is 2.22. The predicted octanol–water partition coefficient (Wildman–Crippen LogP) is 8.60. The van der Waals surface area contributed by atoms with Crippen LogP contribution in [-0.4, -0.2) is 8.80 Å². The van der Waals surface area contributed by atoms with Crippen molar-refractivity contribution in [1.29, 1.82) is 0 Å². The topological polar surface area (TPSA) is 8.82 Å². The summed E-state index contributed by atoms with van der Waals surface area (Å²) in [4.78, 5) is 0. The molecule has 9 rings (SSSR count). The first-order valence-corrected chi connectivity index (χ1v) is 12.0. The van der Waals surface area contributed by atoms with Crippen molar-refractivity contribution in [1.82, 2.24) is 8.80 Å². The second-order valence-corrected chi connectivity index (χ2v) is 9.90. The van der Waals surface area contributed by atoms with E-state index in [1.807, 2.05) is 0 Å². The Kier molecular flexibility index (Phi) is 2.75. The Morgan fingerprint density at radius 1 is 0.412 bits per heavy atom. The third-order valence-electron chi connectivity index (χ3n) is 8.22. The van der Waals surface area contributed by atoms with Gasteiger partial charge >= 0.3 is 0 Å². The van der Waals surface area contributed by atoms with Crippen LogP contribution in [0.4, 0.5) is 0 Å². The first kappa shape index (κ1) is 17.2. The molecule has 0 atom stereocenters. The van der Waals surface area contributed by atoms with E-state index in [4.69, 9.17) is 0 Å². The van der Waals surface area contributed by atoms with Gasteiger partial charge in [0.15, 0.2) is 0 Å². The maximum absolute atomic E-state index is 2.50. The Hall–Kier alpha value is -4.30. The normalized spacial score (nSPS) is 13.0. The van der Waals surface area contributed by atoms with Crippen molar-refractivity contribution in [3.8, 4) is 0 Å². The minimum Gasteiger partial charge on any atom is -0.308 e. The van der Waals surface area contributed by atoms with Gasteiger partial charge in [0.05, 0.1) is 33.1 Å². The van der Waals surface area contributed by atoms with Crippen molar-refractivity contribution < 1.29 is 0 Å². The zero-order valence-corrected chi connectivity index (χ0v) is 19.0. The van der Waals surface area contributed by atoms with Gasteiger partial charge in [-0.1, -0.05) is 60.7 Å². The van der Waals surface area contributed by atoms with Crippen molar-refractivity contribution >= 4 is 76.2 Å². The van der Waals surface area contributed by atoms with E-state index in [-0.39, 0.29) is 0 Å². The summed E-state index contributed by atoms with van der Waals surface area (Å²) in [5.41, 5.74) is 10.6. The Morgan fingerprint density at radius 2 is 0.853 bits per heavy atom. The van der Waals surface area contributed by atoms with E-state index in [1.165, 1.54) is 87.3 Å². The van der Waals surface area contributed by atoms with Gasteiger partial charge in [0.25, 0.3) is 0 Å². The van der Waals surface area contributed by atoms with Gasteiger partial charge in [-0.15, -0.1) is 0 Å². The molecule has 0 aliphatic rings. The van der Waals surface area contributed by atoms with Gasteiger partial charge in [0.2, 0.25) is 0 Å². The first-order chi connectivity index (χ1) is 16.7. The number of rotatable bonds is 0. The SMILES string of the molecule is Cc1ccc2c3cc4c(cc3n3c5ccccc5c1c23)c1ccc(C)c2c3ccccc3n4c12. The Labute approximate surface area is 194 Å². The zero-order chi connectivity index (χ0) is 22.3. The van der Waals surface area contributed by atoms with Gasteiger partial charge < -0.3 is 8.80 Å². The number of nitrogens with zero attached hydrogens (tertiary/aromatic N) is 2. The number of hydrogen-bond donors (Lipinski definition) is 0. The summed E-state index contributed by atoms with van der Waals surface area (Å²) in [6.07, 6.45) is 0. The van der Waals surface area contributed by atoms with Crippen LogP contribution in [0, 0.1) is 13.8 Å². The van der Waals surface area contributed by atoms with Crippen molar-refractivity contribution in [3.63, 3.8) is 0 Å². The molecule has 9 aromatic rings. The van der Waals surface area contributed by atoms with E-state index in [0.29, 0.717) is 0 Å². The zero-order valence-electron chi connectivity index (χ0n) is 19.0. The van der Waals surface area contributed by atoms with Gasteiger partial charge in [-0.25, -0.2) is 0 Å². The van der Waals surface area contributed by atoms with Crippen LogP contribution in [0.5, 0.6) is 0 Å². The summed E-state index contributed by atoms with van der Waals surface area (Å²) in [6.45, 7) is 4.47. The third-order valence-corrected chi connectivity index (χ3v) is 8.22. The highest BCUT2D eigenvalue weighted by molar-refractivity contribution is 6.29. The molecule has 0 aliphatic carbocycles. The van der Waals surface area contributed by atoms with E-state index >= 15 is 0 Å². The average molecular weight is 433 g/mol. The Bertz CT molecular complexity index is 2130. The van der Waals surface area contributed by atoms with Gasteiger partial charge in [-0.2, -0.15) is 0 Å². The molecule has 0 unspecified atom stereocenters. The Balaban J connectivity index is 1.63. The summed E-state index contributed by atoms with van der Waals surface area (Å²) < 4.78 is 5.00. The fourth-order valence-corrected chi connectivity index (χ4v) is 6.84. The van der Waals surface area contributed by atoms with Crippen molar-refractivity contribution in [3.05, 3.63) is 96.1 Å².